The van der Waals surface area contributed by atoms with Crippen LogP contribution in [0.25, 0.3) is 0 Å². The number of esters is 1. The average Bonchev–Trinajstić information content (AvgIpc) is 3.53. The van der Waals surface area contributed by atoms with Crippen LogP contribution in [0.5, 0.6) is 0 Å². The molecule has 0 unspecified atom stereocenters. The molecule has 1 aliphatic carbocycles. The Balaban J connectivity index is 1.61. The largest absolute Gasteiger partial charge is 0.471 e. The molecule has 1 aromatic rings. The molecule has 0 radical (unpaired) electrons. The molecule has 1 saturated carbocycles. The average molecular weight is 510 g/mol. The van der Waals surface area contributed by atoms with Crippen LogP contribution in [0.1, 0.15) is 43.0 Å². The molecule has 1 atom stereocenters. The molecule has 7 nitrogen and oxygen atoms in total. The summed E-state index contributed by atoms with van der Waals surface area (Å²) in [6.07, 6.45) is -3.42. The number of hydrogen-bond donors (Lipinski definition) is 2. The van der Waals surface area contributed by atoms with Crippen molar-refractivity contribution in [3.05, 3.63) is 27.7 Å². The van der Waals surface area contributed by atoms with Gasteiger partial charge in [-0.1, -0.05) is 23.2 Å². The highest BCUT2D eigenvalue weighted by atomic mass is 35.5. The number of nitrogens with zero attached hydrogens (tertiary/aromatic N) is 1. The first-order valence-corrected chi connectivity index (χ1v) is 11.2. The van der Waals surface area contributed by atoms with Gasteiger partial charge in [-0.2, -0.15) is 13.2 Å². The van der Waals surface area contributed by atoms with E-state index in [9.17, 15) is 27.6 Å². The van der Waals surface area contributed by atoms with Crippen LogP contribution in [-0.4, -0.2) is 55.7 Å². The van der Waals surface area contributed by atoms with Crippen molar-refractivity contribution in [3.8, 4) is 0 Å². The highest BCUT2D eigenvalue weighted by molar-refractivity contribution is 6.37. The number of carbonyl (C=O) groups excluding carboxylic acids is 3. The molecule has 0 aromatic heterocycles. The summed E-state index contributed by atoms with van der Waals surface area (Å²) in [5.41, 5.74) is -0.713. The fraction of sp³-hybridized carbons (Fsp3) is 0.571. The summed E-state index contributed by atoms with van der Waals surface area (Å²) in [4.78, 5) is 38.0. The molecule has 2 amide bonds. The van der Waals surface area contributed by atoms with Gasteiger partial charge in [-0.05, 0) is 50.7 Å². The second kappa shape index (κ2) is 9.58. The number of halogens is 5. The van der Waals surface area contributed by atoms with E-state index in [1.807, 2.05) is 10.2 Å². The highest BCUT2D eigenvalue weighted by Gasteiger charge is 2.55. The molecule has 0 spiro atoms. The Labute approximate surface area is 198 Å². The van der Waals surface area contributed by atoms with E-state index in [2.05, 4.69) is 5.32 Å². The molecule has 2 N–H and O–H groups in total. The van der Waals surface area contributed by atoms with Crippen molar-refractivity contribution in [3.63, 3.8) is 0 Å². The van der Waals surface area contributed by atoms with E-state index < -0.39 is 29.5 Å². The molecule has 1 aromatic carbocycles. The summed E-state index contributed by atoms with van der Waals surface area (Å²) in [6, 6.07) is 2.79. The Morgan fingerprint density at radius 2 is 1.79 bits per heavy atom. The Morgan fingerprint density at radius 1 is 1.18 bits per heavy atom. The molecule has 2 fully saturated rings. The first kappa shape index (κ1) is 25.4. The number of nitrogens with one attached hydrogen (secondary N) is 2. The van der Waals surface area contributed by atoms with E-state index in [1.165, 1.54) is 13.2 Å². The number of carbonyl (C=O) groups is 3. The van der Waals surface area contributed by atoms with Crippen LogP contribution >= 0.6 is 23.2 Å². The third-order valence-corrected chi connectivity index (χ3v) is 6.68. The monoisotopic (exact) mass is 509 g/mol. The first-order valence-electron chi connectivity index (χ1n) is 10.4. The summed E-state index contributed by atoms with van der Waals surface area (Å²) >= 11 is 12.3. The lowest BCUT2D eigenvalue weighted by Crippen LogP contribution is -2.55. The van der Waals surface area contributed by atoms with Gasteiger partial charge in [0.1, 0.15) is 11.1 Å². The van der Waals surface area contributed by atoms with E-state index in [0.29, 0.717) is 36.6 Å². The van der Waals surface area contributed by atoms with Gasteiger partial charge in [0.15, 0.2) is 0 Å². The fourth-order valence-electron chi connectivity index (χ4n) is 4.04. The SMILES string of the molecule is COC(=O)c1c(Cl)cc(Cl)cc1N1CCC([C@@H](C)NC(=O)C2(NC(=O)C(F)(F)F)CC2)CC1. The zero-order valence-corrected chi connectivity index (χ0v) is 19.5. The van der Waals surface area contributed by atoms with Crippen LogP contribution in [0.4, 0.5) is 18.9 Å². The van der Waals surface area contributed by atoms with Gasteiger partial charge in [0.2, 0.25) is 5.91 Å². The van der Waals surface area contributed by atoms with Gasteiger partial charge in [0.25, 0.3) is 0 Å². The van der Waals surface area contributed by atoms with Crippen LogP contribution in [0.15, 0.2) is 12.1 Å². The van der Waals surface area contributed by atoms with E-state index in [0.717, 1.165) is 0 Å². The van der Waals surface area contributed by atoms with E-state index in [-0.39, 0.29) is 35.4 Å². The molecular formula is C21H24Cl2F3N3O4. The number of alkyl halides is 3. The normalized spacial score (nSPS) is 18.9. The molecule has 1 saturated heterocycles. The van der Waals surface area contributed by atoms with Crippen molar-refractivity contribution < 1.29 is 32.3 Å². The van der Waals surface area contributed by atoms with E-state index in [4.69, 9.17) is 27.9 Å². The van der Waals surface area contributed by atoms with Crippen molar-refractivity contribution in [2.45, 2.75) is 50.4 Å². The molecular weight excluding hydrogens is 486 g/mol. The minimum atomic E-state index is -5.04. The lowest BCUT2D eigenvalue weighted by atomic mass is 9.89. The third-order valence-electron chi connectivity index (χ3n) is 6.16. The maximum Gasteiger partial charge on any atom is 0.471 e. The number of rotatable bonds is 6. The van der Waals surface area contributed by atoms with Crippen molar-refractivity contribution in [1.29, 1.82) is 0 Å². The topological polar surface area (TPSA) is 87.7 Å². The molecule has 0 bridgehead atoms. The summed E-state index contributed by atoms with van der Waals surface area (Å²) in [5.74, 6) is -3.25. The molecule has 2 aliphatic rings. The predicted molar refractivity (Wildman–Crippen MR) is 117 cm³/mol. The summed E-state index contributed by atoms with van der Waals surface area (Å²) in [6.45, 7) is 2.87. The minimum absolute atomic E-state index is 0.0514. The minimum Gasteiger partial charge on any atom is -0.465 e. The van der Waals surface area contributed by atoms with Crippen LogP contribution in [0.3, 0.4) is 0 Å². The standard InChI is InChI=1S/C21H24Cl2F3N3O4/c1-11(27-18(31)20(5-6-20)28-19(32)21(24,25)26)12-3-7-29(8-4-12)15-10-13(22)9-14(23)16(15)17(30)33-2/h9-12H,3-8H2,1-2H3,(H,27,31)(H,28,32)/t11-/m1/s1. The van der Waals surface area contributed by atoms with Crippen molar-refractivity contribution >= 4 is 46.7 Å². The number of amides is 2. The summed E-state index contributed by atoms with van der Waals surface area (Å²) in [7, 11) is 1.26. The fourth-order valence-corrected chi connectivity index (χ4v) is 4.60. The van der Waals surface area contributed by atoms with Crippen molar-refractivity contribution in [1.82, 2.24) is 10.6 Å². The molecule has 3 rings (SSSR count). The molecule has 1 aliphatic heterocycles. The van der Waals surface area contributed by atoms with Gasteiger partial charge in [0.05, 0.1) is 17.8 Å². The zero-order chi connectivity index (χ0) is 24.6. The van der Waals surface area contributed by atoms with Gasteiger partial charge in [0, 0.05) is 24.2 Å². The van der Waals surface area contributed by atoms with Gasteiger partial charge in [-0.3, -0.25) is 9.59 Å². The number of benzene rings is 1. The molecule has 33 heavy (non-hydrogen) atoms. The van der Waals surface area contributed by atoms with Gasteiger partial charge in [-0.25, -0.2) is 4.79 Å². The van der Waals surface area contributed by atoms with Crippen LogP contribution < -0.4 is 15.5 Å². The maximum atomic E-state index is 12.6. The number of anilines is 1. The Kier molecular flexibility index (Phi) is 7.38. The Morgan fingerprint density at radius 3 is 2.30 bits per heavy atom. The number of ether oxygens (including phenoxy) is 1. The smallest absolute Gasteiger partial charge is 0.465 e. The zero-order valence-electron chi connectivity index (χ0n) is 18.0. The number of piperidine rings is 1. The number of methoxy groups -OCH3 is 1. The van der Waals surface area contributed by atoms with Crippen LogP contribution in [0.2, 0.25) is 10.0 Å². The van der Waals surface area contributed by atoms with E-state index in [1.54, 1.807) is 13.0 Å². The van der Waals surface area contributed by atoms with E-state index >= 15 is 0 Å². The van der Waals surface area contributed by atoms with Crippen molar-refractivity contribution in [2.75, 3.05) is 25.1 Å². The highest BCUT2D eigenvalue weighted by Crippen LogP contribution is 2.38. The Bertz CT molecular complexity index is 945. The van der Waals surface area contributed by atoms with Gasteiger partial charge in [-0.15, -0.1) is 0 Å². The van der Waals surface area contributed by atoms with Crippen LogP contribution in [-0.2, 0) is 14.3 Å². The number of hydrogen-bond acceptors (Lipinski definition) is 5. The predicted octanol–water partition coefficient (Wildman–Crippen LogP) is 3.71. The van der Waals surface area contributed by atoms with Gasteiger partial charge < -0.3 is 20.3 Å². The first-order chi connectivity index (χ1) is 15.4. The second-order valence-electron chi connectivity index (χ2n) is 8.39. The van der Waals surface area contributed by atoms with Crippen LogP contribution in [0, 0.1) is 5.92 Å². The Hall–Kier alpha value is -2.20. The molecule has 1 heterocycles. The third kappa shape index (κ3) is 5.66. The quantitative estimate of drug-likeness (QED) is 0.570. The lowest BCUT2D eigenvalue weighted by molar-refractivity contribution is -0.175. The maximum absolute atomic E-state index is 12.6. The lowest BCUT2D eigenvalue weighted by Gasteiger charge is -2.37. The van der Waals surface area contributed by atoms with Crippen molar-refractivity contribution in [2.24, 2.45) is 5.92 Å². The summed E-state index contributed by atoms with van der Waals surface area (Å²) in [5, 5.41) is 5.15. The second-order valence-corrected chi connectivity index (χ2v) is 9.24. The summed E-state index contributed by atoms with van der Waals surface area (Å²) < 4.78 is 42.5. The molecule has 182 valence electrons. The molecule has 12 heteroatoms. The van der Waals surface area contributed by atoms with Gasteiger partial charge >= 0.3 is 18.1 Å².